The first-order chi connectivity index (χ1) is 7.79. The Labute approximate surface area is 100 Å². The molecule has 2 heteroatoms. The zero-order chi connectivity index (χ0) is 11.4. The molecule has 0 saturated heterocycles. The second-order valence-corrected chi connectivity index (χ2v) is 5.79. The van der Waals surface area contributed by atoms with Crippen LogP contribution in [-0.2, 0) is 4.74 Å². The quantitative estimate of drug-likeness (QED) is 0.641. The Morgan fingerprint density at radius 3 is 2.62 bits per heavy atom. The molecule has 94 valence electrons. The van der Waals surface area contributed by atoms with Gasteiger partial charge >= 0.3 is 0 Å². The molecule has 0 aromatic carbocycles. The van der Waals surface area contributed by atoms with Crippen LogP contribution in [0.1, 0.15) is 46.0 Å². The maximum Gasteiger partial charge on any atom is 0.0471 e. The monoisotopic (exact) mass is 225 g/mol. The van der Waals surface area contributed by atoms with Gasteiger partial charge in [-0.25, -0.2) is 0 Å². The lowest BCUT2D eigenvalue weighted by Crippen LogP contribution is -2.34. The van der Waals surface area contributed by atoms with Crippen molar-refractivity contribution in [3.63, 3.8) is 0 Å². The Balaban J connectivity index is 1.76. The second kappa shape index (κ2) is 5.50. The Morgan fingerprint density at radius 2 is 2.00 bits per heavy atom. The van der Waals surface area contributed by atoms with E-state index >= 15 is 0 Å². The van der Waals surface area contributed by atoms with Gasteiger partial charge in [0.15, 0.2) is 0 Å². The van der Waals surface area contributed by atoms with Gasteiger partial charge in [0.25, 0.3) is 0 Å². The topological polar surface area (TPSA) is 21.3 Å². The van der Waals surface area contributed by atoms with Crippen molar-refractivity contribution >= 4 is 0 Å². The Hall–Kier alpha value is -0.0800. The molecule has 2 rings (SSSR count). The fourth-order valence-electron chi connectivity index (χ4n) is 3.41. The maximum absolute atomic E-state index is 5.55. The van der Waals surface area contributed by atoms with Crippen LogP contribution in [0.25, 0.3) is 0 Å². The molecule has 2 nitrogen and oxygen atoms in total. The number of hydrogen-bond acceptors (Lipinski definition) is 2. The minimum atomic E-state index is 0.581. The molecule has 0 aromatic rings. The largest absolute Gasteiger partial charge is 0.382 e. The molecule has 16 heavy (non-hydrogen) atoms. The van der Waals surface area contributed by atoms with E-state index in [1.54, 1.807) is 0 Å². The zero-order valence-electron chi connectivity index (χ0n) is 10.9. The highest BCUT2D eigenvalue weighted by Gasteiger charge is 2.52. The fourth-order valence-corrected chi connectivity index (χ4v) is 3.41. The highest BCUT2D eigenvalue weighted by Crippen LogP contribution is 2.60. The van der Waals surface area contributed by atoms with Crippen LogP contribution in [0, 0.1) is 17.3 Å². The molecule has 1 N–H and O–H groups in total. The smallest absolute Gasteiger partial charge is 0.0471 e. The predicted molar refractivity (Wildman–Crippen MR) is 67.5 cm³/mol. The van der Waals surface area contributed by atoms with Gasteiger partial charge in [-0.15, -0.1) is 0 Å². The molecule has 0 aliphatic heterocycles. The van der Waals surface area contributed by atoms with Gasteiger partial charge in [0.2, 0.25) is 0 Å². The normalized spacial score (nSPS) is 36.4. The number of hydrogen-bond donors (Lipinski definition) is 1. The predicted octanol–water partition coefficient (Wildman–Crippen LogP) is 2.83. The van der Waals surface area contributed by atoms with E-state index in [2.05, 4.69) is 19.2 Å². The summed E-state index contributed by atoms with van der Waals surface area (Å²) in [7, 11) is 0. The molecule has 2 atom stereocenters. The SMILES string of the molecule is CCCNCC1(CCOCC)CC2CC2C1. The van der Waals surface area contributed by atoms with E-state index in [-0.39, 0.29) is 0 Å². The molecule has 2 aliphatic rings. The van der Waals surface area contributed by atoms with Gasteiger partial charge in [0.1, 0.15) is 0 Å². The number of nitrogens with one attached hydrogen (secondary N) is 1. The molecule has 2 saturated carbocycles. The highest BCUT2D eigenvalue weighted by atomic mass is 16.5. The summed E-state index contributed by atoms with van der Waals surface area (Å²) >= 11 is 0. The van der Waals surface area contributed by atoms with E-state index < -0.39 is 0 Å². The average molecular weight is 225 g/mol. The Bertz CT molecular complexity index is 195. The van der Waals surface area contributed by atoms with Crippen LogP contribution in [-0.4, -0.2) is 26.3 Å². The third-order valence-corrected chi connectivity index (χ3v) is 4.37. The molecule has 0 amide bonds. The first kappa shape index (κ1) is 12.4. The van der Waals surface area contributed by atoms with Crippen molar-refractivity contribution in [2.75, 3.05) is 26.3 Å². The molecular weight excluding hydrogens is 198 g/mol. The lowest BCUT2D eigenvalue weighted by Gasteiger charge is -2.31. The molecular formula is C14H27NO. The van der Waals surface area contributed by atoms with E-state index in [0.29, 0.717) is 5.41 Å². The Kier molecular flexibility index (Phi) is 4.26. The van der Waals surface area contributed by atoms with Crippen molar-refractivity contribution < 1.29 is 4.74 Å². The molecule has 0 spiro atoms. The lowest BCUT2D eigenvalue weighted by atomic mass is 9.80. The van der Waals surface area contributed by atoms with Gasteiger partial charge in [-0.2, -0.15) is 0 Å². The highest BCUT2D eigenvalue weighted by molar-refractivity contribution is 5.04. The first-order valence-corrected chi connectivity index (χ1v) is 7.08. The van der Waals surface area contributed by atoms with Crippen molar-refractivity contribution in [1.29, 1.82) is 0 Å². The van der Waals surface area contributed by atoms with Gasteiger partial charge in [-0.3, -0.25) is 0 Å². The van der Waals surface area contributed by atoms with Crippen molar-refractivity contribution in [1.82, 2.24) is 5.32 Å². The third kappa shape index (κ3) is 2.98. The van der Waals surface area contributed by atoms with E-state index in [9.17, 15) is 0 Å². The van der Waals surface area contributed by atoms with E-state index in [0.717, 1.165) is 25.0 Å². The third-order valence-electron chi connectivity index (χ3n) is 4.37. The van der Waals surface area contributed by atoms with Gasteiger partial charge in [-0.1, -0.05) is 6.92 Å². The molecule has 0 aromatic heterocycles. The Morgan fingerprint density at radius 1 is 1.25 bits per heavy atom. The van der Waals surface area contributed by atoms with Crippen molar-refractivity contribution in [3.05, 3.63) is 0 Å². The maximum atomic E-state index is 5.55. The molecule has 2 fully saturated rings. The average Bonchev–Trinajstić information content (AvgIpc) is 2.88. The molecule has 2 unspecified atom stereocenters. The summed E-state index contributed by atoms with van der Waals surface area (Å²) in [6, 6.07) is 0. The van der Waals surface area contributed by atoms with Gasteiger partial charge in [0, 0.05) is 19.8 Å². The van der Waals surface area contributed by atoms with Crippen LogP contribution in [0.2, 0.25) is 0 Å². The van der Waals surface area contributed by atoms with Crippen LogP contribution in [0.3, 0.4) is 0 Å². The van der Waals surface area contributed by atoms with Crippen molar-refractivity contribution in [2.24, 2.45) is 17.3 Å². The minimum Gasteiger partial charge on any atom is -0.382 e. The molecule has 0 radical (unpaired) electrons. The summed E-state index contributed by atoms with van der Waals surface area (Å²) in [5.41, 5.74) is 0.581. The summed E-state index contributed by atoms with van der Waals surface area (Å²) < 4.78 is 5.55. The molecule has 0 heterocycles. The summed E-state index contributed by atoms with van der Waals surface area (Å²) in [4.78, 5) is 0. The lowest BCUT2D eigenvalue weighted by molar-refractivity contribution is 0.0973. The summed E-state index contributed by atoms with van der Waals surface area (Å²) in [6.45, 7) is 8.56. The van der Waals surface area contributed by atoms with Crippen molar-refractivity contribution in [3.8, 4) is 0 Å². The number of rotatable bonds is 8. The fraction of sp³-hybridized carbons (Fsp3) is 1.00. The van der Waals surface area contributed by atoms with Gasteiger partial charge in [-0.05, 0) is 62.8 Å². The summed E-state index contributed by atoms with van der Waals surface area (Å²) in [5, 5.41) is 3.63. The number of ether oxygens (including phenoxy) is 1. The molecule has 0 bridgehead atoms. The standard InChI is InChI=1S/C14H27NO/c1-3-6-15-11-14(5-7-16-4-2)9-12-8-13(12)10-14/h12-13,15H,3-11H2,1-2H3. The van der Waals surface area contributed by atoms with Crippen molar-refractivity contribution in [2.45, 2.75) is 46.0 Å². The van der Waals surface area contributed by atoms with Crippen LogP contribution in [0.15, 0.2) is 0 Å². The second-order valence-electron chi connectivity index (χ2n) is 5.79. The van der Waals surface area contributed by atoms with Crippen LogP contribution >= 0.6 is 0 Å². The van der Waals surface area contributed by atoms with Crippen LogP contribution in [0.5, 0.6) is 0 Å². The zero-order valence-corrected chi connectivity index (χ0v) is 10.9. The number of fused-ring (bicyclic) bond motifs is 1. The van der Waals surface area contributed by atoms with Gasteiger partial charge < -0.3 is 10.1 Å². The summed E-state index contributed by atoms with van der Waals surface area (Å²) in [5.74, 6) is 2.15. The van der Waals surface area contributed by atoms with Crippen LogP contribution < -0.4 is 5.32 Å². The first-order valence-electron chi connectivity index (χ1n) is 7.08. The van der Waals surface area contributed by atoms with Gasteiger partial charge in [0.05, 0.1) is 0 Å². The summed E-state index contributed by atoms with van der Waals surface area (Å²) in [6.07, 6.45) is 6.95. The van der Waals surface area contributed by atoms with E-state index in [1.807, 2.05) is 0 Å². The van der Waals surface area contributed by atoms with E-state index in [4.69, 9.17) is 4.74 Å². The van der Waals surface area contributed by atoms with E-state index in [1.165, 1.54) is 45.2 Å². The minimum absolute atomic E-state index is 0.581. The van der Waals surface area contributed by atoms with Crippen LogP contribution in [0.4, 0.5) is 0 Å². The molecule has 2 aliphatic carbocycles.